The van der Waals surface area contributed by atoms with Gasteiger partial charge in [0.1, 0.15) is 0 Å². The van der Waals surface area contributed by atoms with Crippen molar-refractivity contribution in [1.29, 1.82) is 0 Å². The van der Waals surface area contributed by atoms with Gasteiger partial charge in [-0.2, -0.15) is 0 Å². The third-order valence-corrected chi connectivity index (χ3v) is 4.03. The first-order valence-electron chi connectivity index (χ1n) is 5.81. The number of para-hydroxylation sites is 1. The minimum atomic E-state index is -3.93. The summed E-state index contributed by atoms with van der Waals surface area (Å²) in [4.78, 5) is 13.9. The SMILES string of the molecule is COCc1ccccc1NS(=O)(=O)c1c[nH]ccc1=O. The molecule has 2 rings (SSSR count). The normalized spacial score (nSPS) is 11.2. The number of ether oxygens (including phenoxy) is 1. The van der Waals surface area contributed by atoms with Crippen LogP contribution in [0.1, 0.15) is 5.56 Å². The maximum atomic E-state index is 12.2. The number of rotatable bonds is 5. The highest BCUT2D eigenvalue weighted by atomic mass is 32.2. The third-order valence-electron chi connectivity index (χ3n) is 2.64. The predicted molar refractivity (Wildman–Crippen MR) is 75.0 cm³/mol. The fourth-order valence-electron chi connectivity index (χ4n) is 1.71. The fourth-order valence-corrected chi connectivity index (χ4v) is 2.87. The summed E-state index contributed by atoms with van der Waals surface area (Å²) in [7, 11) is -2.41. The van der Waals surface area contributed by atoms with Gasteiger partial charge in [0.25, 0.3) is 10.0 Å². The van der Waals surface area contributed by atoms with Crippen LogP contribution in [-0.4, -0.2) is 20.5 Å². The molecule has 1 aromatic heterocycles. The van der Waals surface area contributed by atoms with Gasteiger partial charge in [-0.3, -0.25) is 9.52 Å². The van der Waals surface area contributed by atoms with Gasteiger partial charge >= 0.3 is 0 Å². The molecule has 0 amide bonds. The summed E-state index contributed by atoms with van der Waals surface area (Å²) >= 11 is 0. The first-order valence-corrected chi connectivity index (χ1v) is 7.29. The number of H-pyrrole nitrogens is 1. The lowest BCUT2D eigenvalue weighted by Gasteiger charge is -2.11. The highest BCUT2D eigenvalue weighted by Gasteiger charge is 2.18. The Labute approximate surface area is 116 Å². The van der Waals surface area contributed by atoms with Crippen LogP contribution in [0.15, 0.2) is 52.4 Å². The Hall–Kier alpha value is -2.12. The molecular formula is C13H14N2O4S. The molecule has 1 aromatic carbocycles. The molecule has 0 unspecified atom stereocenters. The molecule has 106 valence electrons. The molecule has 2 N–H and O–H groups in total. The van der Waals surface area contributed by atoms with E-state index in [-0.39, 0.29) is 11.5 Å². The van der Waals surface area contributed by atoms with Gasteiger partial charge in [0.05, 0.1) is 12.3 Å². The predicted octanol–water partition coefficient (Wildman–Crippen LogP) is 1.32. The van der Waals surface area contributed by atoms with Gasteiger partial charge in [0, 0.05) is 31.1 Å². The molecule has 0 aliphatic carbocycles. The molecule has 0 fully saturated rings. The average Bonchev–Trinajstić information content (AvgIpc) is 2.41. The molecule has 0 aliphatic rings. The number of hydrogen-bond donors (Lipinski definition) is 2. The second kappa shape index (κ2) is 5.89. The smallest absolute Gasteiger partial charge is 0.267 e. The molecular weight excluding hydrogens is 280 g/mol. The van der Waals surface area contributed by atoms with E-state index in [2.05, 4.69) is 9.71 Å². The number of benzene rings is 1. The summed E-state index contributed by atoms with van der Waals surface area (Å²) in [6.07, 6.45) is 2.53. The van der Waals surface area contributed by atoms with Crippen molar-refractivity contribution in [3.05, 3.63) is 58.5 Å². The molecule has 0 aliphatic heterocycles. The van der Waals surface area contributed by atoms with E-state index < -0.39 is 15.5 Å². The summed E-state index contributed by atoms with van der Waals surface area (Å²) < 4.78 is 31.8. The quantitative estimate of drug-likeness (QED) is 0.870. The standard InChI is InChI=1S/C13H14N2O4S/c1-19-9-10-4-2-3-5-11(10)15-20(17,18)13-8-14-7-6-12(13)16/h2-8,15H,9H2,1H3,(H,14,16). The summed E-state index contributed by atoms with van der Waals surface area (Å²) in [6, 6.07) is 8.00. The summed E-state index contributed by atoms with van der Waals surface area (Å²) in [5, 5.41) is 0. The molecule has 0 atom stereocenters. The molecule has 1 heterocycles. The number of aromatic amines is 1. The second-order valence-corrected chi connectivity index (χ2v) is 5.72. The topological polar surface area (TPSA) is 88.3 Å². The molecule has 2 aromatic rings. The molecule has 20 heavy (non-hydrogen) atoms. The van der Waals surface area contributed by atoms with E-state index >= 15 is 0 Å². The Balaban J connectivity index is 2.39. The van der Waals surface area contributed by atoms with Crippen LogP contribution >= 0.6 is 0 Å². The van der Waals surface area contributed by atoms with Crippen LogP contribution in [0.2, 0.25) is 0 Å². The lowest BCUT2D eigenvalue weighted by molar-refractivity contribution is 0.185. The Kier molecular flexibility index (Phi) is 4.21. The van der Waals surface area contributed by atoms with E-state index in [0.717, 1.165) is 12.3 Å². The van der Waals surface area contributed by atoms with E-state index in [1.807, 2.05) is 0 Å². The average molecular weight is 294 g/mol. The largest absolute Gasteiger partial charge is 0.380 e. The highest BCUT2D eigenvalue weighted by molar-refractivity contribution is 7.92. The summed E-state index contributed by atoms with van der Waals surface area (Å²) in [5.41, 5.74) is 0.504. The molecule has 0 spiro atoms. The van der Waals surface area contributed by atoms with Crippen molar-refractivity contribution >= 4 is 15.7 Å². The molecule has 0 bridgehead atoms. The van der Waals surface area contributed by atoms with Crippen molar-refractivity contribution in [1.82, 2.24) is 4.98 Å². The first kappa shape index (κ1) is 14.3. The van der Waals surface area contributed by atoms with Gasteiger partial charge in [-0.05, 0) is 6.07 Å². The van der Waals surface area contributed by atoms with Crippen LogP contribution in [0, 0.1) is 0 Å². The van der Waals surface area contributed by atoms with Gasteiger partial charge in [0.2, 0.25) is 5.43 Å². The second-order valence-electron chi connectivity index (χ2n) is 4.07. The summed E-state index contributed by atoms with van der Waals surface area (Å²) in [5.74, 6) is 0. The molecule has 0 saturated heterocycles. The molecule has 0 saturated carbocycles. The number of pyridine rings is 1. The van der Waals surface area contributed by atoms with Gasteiger partial charge < -0.3 is 9.72 Å². The highest BCUT2D eigenvalue weighted by Crippen LogP contribution is 2.19. The lowest BCUT2D eigenvalue weighted by atomic mass is 10.2. The van der Waals surface area contributed by atoms with E-state index in [1.54, 1.807) is 24.3 Å². The van der Waals surface area contributed by atoms with Crippen LogP contribution in [-0.2, 0) is 21.4 Å². The maximum absolute atomic E-state index is 12.2. The van der Waals surface area contributed by atoms with E-state index in [9.17, 15) is 13.2 Å². The zero-order chi connectivity index (χ0) is 14.6. The van der Waals surface area contributed by atoms with E-state index in [1.165, 1.54) is 13.3 Å². The Morgan fingerprint density at radius 1 is 1.25 bits per heavy atom. The number of sulfonamides is 1. The minimum Gasteiger partial charge on any atom is -0.380 e. The molecule has 6 nitrogen and oxygen atoms in total. The van der Waals surface area contributed by atoms with Gasteiger partial charge in [-0.25, -0.2) is 8.42 Å². The Morgan fingerprint density at radius 3 is 2.70 bits per heavy atom. The summed E-state index contributed by atoms with van der Waals surface area (Å²) in [6.45, 7) is 0.268. The van der Waals surface area contributed by atoms with E-state index in [0.29, 0.717) is 11.3 Å². The van der Waals surface area contributed by atoms with Crippen molar-refractivity contribution in [3.8, 4) is 0 Å². The third kappa shape index (κ3) is 3.06. The number of aromatic nitrogens is 1. The minimum absolute atomic E-state index is 0.268. The number of anilines is 1. The maximum Gasteiger partial charge on any atom is 0.267 e. The van der Waals surface area contributed by atoms with Crippen LogP contribution in [0.3, 0.4) is 0 Å². The van der Waals surface area contributed by atoms with Crippen molar-refractivity contribution in [2.75, 3.05) is 11.8 Å². The number of hydrogen-bond acceptors (Lipinski definition) is 4. The lowest BCUT2D eigenvalue weighted by Crippen LogP contribution is -2.21. The molecule has 0 radical (unpaired) electrons. The Bertz CT molecular complexity index is 753. The monoisotopic (exact) mass is 294 g/mol. The Morgan fingerprint density at radius 2 is 2.00 bits per heavy atom. The van der Waals surface area contributed by atoms with Gasteiger partial charge in [-0.15, -0.1) is 0 Å². The van der Waals surface area contributed by atoms with Gasteiger partial charge in [0.15, 0.2) is 4.90 Å². The van der Waals surface area contributed by atoms with E-state index in [4.69, 9.17) is 4.74 Å². The van der Waals surface area contributed by atoms with Crippen molar-refractivity contribution < 1.29 is 13.2 Å². The van der Waals surface area contributed by atoms with Crippen LogP contribution < -0.4 is 10.2 Å². The zero-order valence-corrected chi connectivity index (χ0v) is 11.6. The zero-order valence-electron chi connectivity index (χ0n) is 10.8. The van der Waals surface area contributed by atoms with Crippen molar-refractivity contribution in [2.24, 2.45) is 0 Å². The number of methoxy groups -OCH3 is 1. The molecule has 7 heteroatoms. The first-order chi connectivity index (χ1) is 9.54. The van der Waals surface area contributed by atoms with Gasteiger partial charge in [-0.1, -0.05) is 18.2 Å². The van der Waals surface area contributed by atoms with Crippen molar-refractivity contribution in [3.63, 3.8) is 0 Å². The van der Waals surface area contributed by atoms with Crippen LogP contribution in [0.25, 0.3) is 0 Å². The number of nitrogens with one attached hydrogen (secondary N) is 2. The van der Waals surface area contributed by atoms with Crippen LogP contribution in [0.4, 0.5) is 5.69 Å². The van der Waals surface area contributed by atoms with Crippen molar-refractivity contribution in [2.45, 2.75) is 11.5 Å². The van der Waals surface area contributed by atoms with Crippen LogP contribution in [0.5, 0.6) is 0 Å². The fraction of sp³-hybridized carbons (Fsp3) is 0.154.